The average molecular weight is 216 g/mol. The maximum absolute atomic E-state index is 5.82. The van der Waals surface area contributed by atoms with E-state index in [0.29, 0.717) is 11.7 Å². The normalized spacial score (nSPS) is 10.9. The Morgan fingerprint density at radius 1 is 1.31 bits per heavy atom. The highest BCUT2D eigenvalue weighted by Gasteiger charge is 2.08. The topological polar surface area (TPSA) is 56.7 Å². The standard InChI is InChI=1S/C12H16N4/c1-9(2)12-15-6-7-16(12)8-10-4-3-5-14-11(10)13/h3-7,9H,8H2,1-2H3,(H2,13,14). The van der Waals surface area contributed by atoms with E-state index in [9.17, 15) is 0 Å². The van der Waals surface area contributed by atoms with Crippen LogP contribution < -0.4 is 5.73 Å². The molecule has 0 aromatic carbocycles. The van der Waals surface area contributed by atoms with Crippen LogP contribution in [-0.2, 0) is 6.54 Å². The Hall–Kier alpha value is -1.84. The molecule has 2 N–H and O–H groups in total. The molecule has 84 valence electrons. The van der Waals surface area contributed by atoms with Crippen LogP contribution in [0.1, 0.15) is 31.2 Å². The van der Waals surface area contributed by atoms with Crippen molar-refractivity contribution in [2.45, 2.75) is 26.3 Å². The first-order valence-electron chi connectivity index (χ1n) is 5.39. The van der Waals surface area contributed by atoms with Gasteiger partial charge in [0.25, 0.3) is 0 Å². The van der Waals surface area contributed by atoms with Gasteiger partial charge in [0.2, 0.25) is 0 Å². The van der Waals surface area contributed by atoms with Gasteiger partial charge in [-0.15, -0.1) is 0 Å². The quantitative estimate of drug-likeness (QED) is 0.854. The van der Waals surface area contributed by atoms with Crippen molar-refractivity contribution in [1.82, 2.24) is 14.5 Å². The van der Waals surface area contributed by atoms with Gasteiger partial charge in [0.15, 0.2) is 0 Å². The minimum absolute atomic E-state index is 0.410. The van der Waals surface area contributed by atoms with E-state index in [1.165, 1.54) is 0 Å². The number of rotatable bonds is 3. The van der Waals surface area contributed by atoms with Crippen molar-refractivity contribution in [2.24, 2.45) is 0 Å². The molecule has 2 heterocycles. The summed E-state index contributed by atoms with van der Waals surface area (Å²) >= 11 is 0. The molecular weight excluding hydrogens is 200 g/mol. The van der Waals surface area contributed by atoms with E-state index in [1.54, 1.807) is 6.20 Å². The number of hydrogen-bond acceptors (Lipinski definition) is 3. The highest BCUT2D eigenvalue weighted by atomic mass is 15.1. The van der Waals surface area contributed by atoms with Crippen LogP contribution in [0, 0.1) is 0 Å². The summed E-state index contributed by atoms with van der Waals surface area (Å²) in [5.74, 6) is 2.07. The van der Waals surface area contributed by atoms with Crippen LogP contribution in [0.4, 0.5) is 5.82 Å². The lowest BCUT2D eigenvalue weighted by Crippen LogP contribution is -2.08. The number of aromatic nitrogens is 3. The van der Waals surface area contributed by atoms with Gasteiger partial charge < -0.3 is 10.3 Å². The van der Waals surface area contributed by atoms with Crippen LogP contribution >= 0.6 is 0 Å². The first kappa shape index (κ1) is 10.7. The summed E-state index contributed by atoms with van der Waals surface area (Å²) in [6.07, 6.45) is 5.50. The lowest BCUT2D eigenvalue weighted by atomic mass is 10.2. The summed E-state index contributed by atoms with van der Waals surface area (Å²) < 4.78 is 2.11. The fraction of sp³-hybridized carbons (Fsp3) is 0.333. The summed E-state index contributed by atoms with van der Waals surface area (Å²) in [7, 11) is 0. The molecule has 0 amide bonds. The van der Waals surface area contributed by atoms with Gasteiger partial charge in [0, 0.05) is 30.1 Å². The Balaban J connectivity index is 2.27. The van der Waals surface area contributed by atoms with Crippen molar-refractivity contribution < 1.29 is 0 Å². The van der Waals surface area contributed by atoms with Crippen molar-refractivity contribution >= 4 is 5.82 Å². The van der Waals surface area contributed by atoms with Gasteiger partial charge in [-0.25, -0.2) is 9.97 Å². The minimum Gasteiger partial charge on any atom is -0.383 e. The van der Waals surface area contributed by atoms with E-state index >= 15 is 0 Å². The number of hydrogen-bond donors (Lipinski definition) is 1. The third-order valence-corrected chi connectivity index (χ3v) is 2.53. The Morgan fingerprint density at radius 3 is 2.81 bits per heavy atom. The molecule has 0 bridgehead atoms. The zero-order valence-electron chi connectivity index (χ0n) is 9.59. The first-order valence-corrected chi connectivity index (χ1v) is 5.39. The molecule has 0 saturated heterocycles. The molecule has 0 radical (unpaired) electrons. The Kier molecular flexibility index (Phi) is 2.90. The van der Waals surface area contributed by atoms with Crippen molar-refractivity contribution in [2.75, 3.05) is 5.73 Å². The number of nitrogens with two attached hydrogens (primary N) is 1. The molecule has 0 unspecified atom stereocenters. The smallest absolute Gasteiger partial charge is 0.128 e. The van der Waals surface area contributed by atoms with E-state index in [1.807, 2.05) is 24.5 Å². The molecule has 4 heteroatoms. The second kappa shape index (κ2) is 4.35. The molecule has 2 aromatic rings. The highest BCUT2D eigenvalue weighted by molar-refractivity contribution is 5.38. The van der Waals surface area contributed by atoms with Gasteiger partial charge in [0.05, 0.1) is 6.54 Å². The van der Waals surface area contributed by atoms with Crippen molar-refractivity contribution in [3.05, 3.63) is 42.1 Å². The molecule has 0 spiro atoms. The Bertz CT molecular complexity index is 473. The third kappa shape index (κ3) is 2.05. The fourth-order valence-corrected chi connectivity index (χ4v) is 1.72. The highest BCUT2D eigenvalue weighted by Crippen LogP contribution is 2.15. The molecule has 0 saturated carbocycles. The van der Waals surface area contributed by atoms with Crippen LogP contribution in [0.15, 0.2) is 30.7 Å². The van der Waals surface area contributed by atoms with Crippen LogP contribution in [0.2, 0.25) is 0 Å². The van der Waals surface area contributed by atoms with Crippen LogP contribution in [0.5, 0.6) is 0 Å². The molecule has 0 aliphatic heterocycles. The van der Waals surface area contributed by atoms with Gasteiger partial charge in [0.1, 0.15) is 11.6 Å². The Morgan fingerprint density at radius 2 is 2.12 bits per heavy atom. The van der Waals surface area contributed by atoms with Crippen molar-refractivity contribution in [1.29, 1.82) is 0 Å². The molecular formula is C12H16N4. The maximum atomic E-state index is 5.82. The SMILES string of the molecule is CC(C)c1nccn1Cc1cccnc1N. The third-order valence-electron chi connectivity index (χ3n) is 2.53. The monoisotopic (exact) mass is 216 g/mol. The van der Waals surface area contributed by atoms with Gasteiger partial charge in [-0.2, -0.15) is 0 Å². The zero-order valence-corrected chi connectivity index (χ0v) is 9.59. The largest absolute Gasteiger partial charge is 0.383 e. The van der Waals surface area contributed by atoms with Crippen LogP contribution in [0.3, 0.4) is 0 Å². The maximum Gasteiger partial charge on any atom is 0.128 e. The lowest BCUT2D eigenvalue weighted by Gasteiger charge is -2.11. The first-order chi connectivity index (χ1) is 7.68. The molecule has 0 aliphatic rings. The van der Waals surface area contributed by atoms with Crippen molar-refractivity contribution in [3.63, 3.8) is 0 Å². The van der Waals surface area contributed by atoms with Gasteiger partial charge in [-0.3, -0.25) is 0 Å². The molecule has 4 nitrogen and oxygen atoms in total. The summed E-state index contributed by atoms with van der Waals surface area (Å²) in [6, 6.07) is 3.89. The van der Waals surface area contributed by atoms with Gasteiger partial charge in [-0.1, -0.05) is 19.9 Å². The van der Waals surface area contributed by atoms with Crippen molar-refractivity contribution in [3.8, 4) is 0 Å². The summed E-state index contributed by atoms with van der Waals surface area (Å²) in [5, 5.41) is 0. The molecule has 2 rings (SSSR count). The molecule has 0 aliphatic carbocycles. The minimum atomic E-state index is 0.410. The Labute approximate surface area is 95.1 Å². The number of nitrogens with zero attached hydrogens (tertiary/aromatic N) is 3. The van der Waals surface area contributed by atoms with E-state index in [-0.39, 0.29) is 0 Å². The number of imidazole rings is 1. The van der Waals surface area contributed by atoms with Gasteiger partial charge in [-0.05, 0) is 6.07 Å². The number of nitrogen functional groups attached to an aromatic ring is 1. The predicted octanol–water partition coefficient (Wildman–Crippen LogP) is 2.03. The second-order valence-corrected chi connectivity index (χ2v) is 4.12. The van der Waals surface area contributed by atoms with E-state index in [4.69, 9.17) is 5.73 Å². The fourth-order valence-electron chi connectivity index (χ4n) is 1.72. The molecule has 0 fully saturated rings. The zero-order chi connectivity index (χ0) is 11.5. The van der Waals surface area contributed by atoms with E-state index < -0.39 is 0 Å². The second-order valence-electron chi connectivity index (χ2n) is 4.12. The predicted molar refractivity (Wildman–Crippen MR) is 64.1 cm³/mol. The lowest BCUT2D eigenvalue weighted by molar-refractivity contribution is 0.669. The van der Waals surface area contributed by atoms with Crippen LogP contribution in [-0.4, -0.2) is 14.5 Å². The summed E-state index contributed by atoms with van der Waals surface area (Å²) in [6.45, 7) is 4.99. The molecule has 0 atom stereocenters. The number of pyridine rings is 1. The molecule has 16 heavy (non-hydrogen) atoms. The summed E-state index contributed by atoms with van der Waals surface area (Å²) in [5.41, 5.74) is 6.85. The molecule has 2 aromatic heterocycles. The van der Waals surface area contributed by atoms with Gasteiger partial charge >= 0.3 is 0 Å². The average Bonchev–Trinajstić information content (AvgIpc) is 2.69. The summed E-state index contributed by atoms with van der Waals surface area (Å²) in [4.78, 5) is 8.42. The van der Waals surface area contributed by atoms with Crippen LogP contribution in [0.25, 0.3) is 0 Å². The number of anilines is 1. The van der Waals surface area contributed by atoms with E-state index in [2.05, 4.69) is 28.4 Å². The van der Waals surface area contributed by atoms with E-state index in [0.717, 1.165) is 17.9 Å².